The Bertz CT molecular complexity index is 520. The van der Waals surface area contributed by atoms with E-state index in [1.54, 1.807) is 29.1 Å². The summed E-state index contributed by atoms with van der Waals surface area (Å²) < 4.78 is 1.75. The largest absolute Gasteiger partial charge is 0.326 e. The third-order valence-corrected chi connectivity index (χ3v) is 3.02. The molecule has 5 heteroatoms. The van der Waals surface area contributed by atoms with Crippen molar-refractivity contribution in [3.63, 3.8) is 0 Å². The number of halogens is 2. The summed E-state index contributed by atoms with van der Waals surface area (Å²) in [4.78, 5) is 0. The van der Waals surface area contributed by atoms with Crippen molar-refractivity contribution < 1.29 is 0 Å². The van der Waals surface area contributed by atoms with Crippen LogP contribution in [0.2, 0.25) is 10.0 Å². The van der Waals surface area contributed by atoms with Gasteiger partial charge in [-0.1, -0.05) is 23.2 Å². The zero-order valence-corrected chi connectivity index (χ0v) is 10.3. The normalized spacial score (nSPS) is 10.8. The third kappa shape index (κ3) is 1.94. The van der Waals surface area contributed by atoms with Gasteiger partial charge in [-0.25, -0.2) is 4.68 Å². The van der Waals surface area contributed by atoms with Gasteiger partial charge in [0.1, 0.15) is 0 Å². The molecule has 0 radical (unpaired) electrons. The van der Waals surface area contributed by atoms with Crippen molar-refractivity contribution in [1.29, 1.82) is 0 Å². The molecule has 0 aliphatic rings. The molecule has 84 valence electrons. The van der Waals surface area contributed by atoms with Gasteiger partial charge in [0.15, 0.2) is 0 Å². The number of nitrogens with zero attached hydrogens (tertiary/aromatic N) is 2. The number of nitrogens with two attached hydrogens (primary N) is 1. The first-order chi connectivity index (χ1) is 7.63. The highest BCUT2D eigenvalue weighted by atomic mass is 35.5. The molecule has 1 aromatic heterocycles. The van der Waals surface area contributed by atoms with Crippen molar-refractivity contribution in [2.45, 2.75) is 13.5 Å². The van der Waals surface area contributed by atoms with Gasteiger partial charge >= 0.3 is 0 Å². The van der Waals surface area contributed by atoms with Gasteiger partial charge in [-0.3, -0.25) is 0 Å². The lowest BCUT2D eigenvalue weighted by Crippen LogP contribution is -2.02. The number of hydrogen-bond acceptors (Lipinski definition) is 2. The fraction of sp³-hybridized carbons (Fsp3) is 0.182. The Morgan fingerprint density at radius 2 is 2.12 bits per heavy atom. The maximum Gasteiger partial charge on any atom is 0.0849 e. The summed E-state index contributed by atoms with van der Waals surface area (Å²) in [5.74, 6) is 0. The lowest BCUT2D eigenvalue weighted by atomic mass is 10.2. The lowest BCUT2D eigenvalue weighted by molar-refractivity contribution is 0.843. The van der Waals surface area contributed by atoms with E-state index in [2.05, 4.69) is 5.10 Å². The van der Waals surface area contributed by atoms with E-state index in [-0.39, 0.29) is 0 Å². The predicted molar refractivity (Wildman–Crippen MR) is 66.2 cm³/mol. The molecule has 0 fully saturated rings. The van der Waals surface area contributed by atoms with E-state index in [0.717, 1.165) is 16.9 Å². The van der Waals surface area contributed by atoms with E-state index in [1.807, 2.05) is 6.92 Å². The SMILES string of the molecule is Cc1c(CN)cnn1-c1cc(Cl)ccc1Cl. The topological polar surface area (TPSA) is 43.8 Å². The molecule has 3 nitrogen and oxygen atoms in total. The number of rotatable bonds is 2. The maximum atomic E-state index is 6.10. The molecular formula is C11H11Cl2N3. The van der Waals surface area contributed by atoms with Crippen molar-refractivity contribution in [3.05, 3.63) is 45.7 Å². The summed E-state index contributed by atoms with van der Waals surface area (Å²) in [6.45, 7) is 2.41. The Morgan fingerprint density at radius 1 is 1.38 bits per heavy atom. The molecule has 0 amide bonds. The number of hydrogen-bond donors (Lipinski definition) is 1. The summed E-state index contributed by atoms with van der Waals surface area (Å²) in [6.07, 6.45) is 1.74. The molecule has 0 saturated heterocycles. The van der Waals surface area contributed by atoms with E-state index in [0.29, 0.717) is 16.6 Å². The van der Waals surface area contributed by atoms with Crippen LogP contribution in [-0.4, -0.2) is 9.78 Å². The molecule has 2 rings (SSSR count). The summed E-state index contributed by atoms with van der Waals surface area (Å²) in [6, 6.07) is 5.28. The van der Waals surface area contributed by atoms with Crippen LogP contribution >= 0.6 is 23.2 Å². The molecule has 0 spiro atoms. The van der Waals surface area contributed by atoms with Gasteiger partial charge in [-0.2, -0.15) is 5.10 Å². The third-order valence-electron chi connectivity index (χ3n) is 2.47. The average Bonchev–Trinajstić information content (AvgIpc) is 2.63. The van der Waals surface area contributed by atoms with E-state index in [4.69, 9.17) is 28.9 Å². The lowest BCUT2D eigenvalue weighted by Gasteiger charge is -2.07. The van der Waals surface area contributed by atoms with Crippen LogP contribution in [-0.2, 0) is 6.54 Å². The fourth-order valence-corrected chi connectivity index (χ4v) is 1.90. The van der Waals surface area contributed by atoms with E-state index >= 15 is 0 Å². The summed E-state index contributed by atoms with van der Waals surface area (Å²) in [5.41, 5.74) is 8.34. The smallest absolute Gasteiger partial charge is 0.0849 e. The monoisotopic (exact) mass is 255 g/mol. The van der Waals surface area contributed by atoms with Gasteiger partial charge in [0.05, 0.1) is 16.9 Å². The molecule has 0 bridgehead atoms. The second kappa shape index (κ2) is 4.45. The Morgan fingerprint density at radius 3 is 2.75 bits per heavy atom. The van der Waals surface area contributed by atoms with E-state index < -0.39 is 0 Å². The standard InChI is InChI=1S/C11H11Cl2N3/c1-7-8(5-14)6-15-16(7)11-4-9(12)2-3-10(11)13/h2-4,6H,5,14H2,1H3. The molecule has 0 aliphatic heterocycles. The zero-order valence-electron chi connectivity index (χ0n) is 8.74. The molecule has 0 aliphatic carbocycles. The molecule has 2 N–H and O–H groups in total. The van der Waals surface area contributed by atoms with Crippen LogP contribution in [0.5, 0.6) is 0 Å². The maximum absolute atomic E-state index is 6.10. The first-order valence-corrected chi connectivity index (χ1v) is 5.58. The van der Waals surface area contributed by atoms with Gasteiger partial charge in [-0.15, -0.1) is 0 Å². The highest BCUT2D eigenvalue weighted by Crippen LogP contribution is 2.25. The van der Waals surface area contributed by atoms with Crippen molar-refractivity contribution in [3.8, 4) is 5.69 Å². The Hall–Kier alpha value is -1.03. The molecule has 1 heterocycles. The van der Waals surface area contributed by atoms with Crippen LogP contribution in [0.15, 0.2) is 24.4 Å². The van der Waals surface area contributed by atoms with Crippen LogP contribution in [0.4, 0.5) is 0 Å². The van der Waals surface area contributed by atoms with Crippen molar-refractivity contribution in [2.24, 2.45) is 5.73 Å². The molecular weight excluding hydrogens is 245 g/mol. The Kier molecular flexibility index (Phi) is 3.19. The van der Waals surface area contributed by atoms with Crippen LogP contribution in [0.3, 0.4) is 0 Å². The summed E-state index contributed by atoms with van der Waals surface area (Å²) in [5, 5.41) is 5.49. The molecule has 0 atom stereocenters. The Labute approximate surface area is 104 Å². The first kappa shape index (κ1) is 11.5. The average molecular weight is 256 g/mol. The van der Waals surface area contributed by atoms with E-state index in [9.17, 15) is 0 Å². The predicted octanol–water partition coefficient (Wildman–Crippen LogP) is 2.95. The quantitative estimate of drug-likeness (QED) is 0.897. The minimum absolute atomic E-state index is 0.462. The van der Waals surface area contributed by atoms with Crippen molar-refractivity contribution >= 4 is 23.2 Å². The van der Waals surface area contributed by atoms with Crippen LogP contribution < -0.4 is 5.73 Å². The number of aromatic nitrogens is 2. The minimum atomic E-state index is 0.462. The second-order valence-corrected chi connectivity index (χ2v) is 4.31. The second-order valence-electron chi connectivity index (χ2n) is 3.47. The van der Waals surface area contributed by atoms with Gasteiger partial charge in [0, 0.05) is 22.8 Å². The van der Waals surface area contributed by atoms with E-state index in [1.165, 1.54) is 0 Å². The molecule has 1 aromatic carbocycles. The fourth-order valence-electron chi connectivity index (χ4n) is 1.53. The molecule has 0 unspecified atom stereocenters. The minimum Gasteiger partial charge on any atom is -0.326 e. The molecule has 16 heavy (non-hydrogen) atoms. The summed E-state index contributed by atoms with van der Waals surface area (Å²) in [7, 11) is 0. The summed E-state index contributed by atoms with van der Waals surface area (Å²) >= 11 is 12.0. The van der Waals surface area contributed by atoms with Gasteiger partial charge in [0.25, 0.3) is 0 Å². The van der Waals surface area contributed by atoms with Gasteiger partial charge in [-0.05, 0) is 25.1 Å². The van der Waals surface area contributed by atoms with Gasteiger partial charge < -0.3 is 5.73 Å². The Balaban J connectivity index is 2.58. The highest BCUT2D eigenvalue weighted by Gasteiger charge is 2.10. The number of benzene rings is 1. The van der Waals surface area contributed by atoms with Gasteiger partial charge in [0.2, 0.25) is 0 Å². The molecule has 2 aromatic rings. The first-order valence-electron chi connectivity index (χ1n) is 4.82. The van der Waals surface area contributed by atoms with Crippen molar-refractivity contribution in [2.75, 3.05) is 0 Å². The van der Waals surface area contributed by atoms with Crippen LogP contribution in [0.1, 0.15) is 11.3 Å². The van der Waals surface area contributed by atoms with Crippen LogP contribution in [0, 0.1) is 6.92 Å². The highest BCUT2D eigenvalue weighted by molar-refractivity contribution is 6.34. The zero-order chi connectivity index (χ0) is 11.7. The van der Waals surface area contributed by atoms with Crippen molar-refractivity contribution in [1.82, 2.24) is 9.78 Å². The molecule has 0 saturated carbocycles. The van der Waals surface area contributed by atoms with Crippen LogP contribution in [0.25, 0.3) is 5.69 Å².